The number of carbonyl (C=O) groups excluding carboxylic acids is 1. The summed E-state index contributed by atoms with van der Waals surface area (Å²) in [5.41, 5.74) is 1.71. The average Bonchev–Trinajstić information content (AvgIpc) is 2.76. The lowest BCUT2D eigenvalue weighted by molar-refractivity contribution is -0.125. The second-order valence-electron chi connectivity index (χ2n) is 7.60. The van der Waals surface area contributed by atoms with Crippen LogP contribution in [0.25, 0.3) is 0 Å². The summed E-state index contributed by atoms with van der Waals surface area (Å²) in [4.78, 5) is 39.3. The topological polar surface area (TPSA) is 76.3 Å². The van der Waals surface area contributed by atoms with Crippen LogP contribution in [0.3, 0.4) is 0 Å². The van der Waals surface area contributed by atoms with Crippen LogP contribution in [0.2, 0.25) is 0 Å². The van der Waals surface area contributed by atoms with E-state index in [1.54, 1.807) is 4.57 Å². The Kier molecular flexibility index (Phi) is 6.56. The number of amides is 1. The summed E-state index contributed by atoms with van der Waals surface area (Å²) in [6.45, 7) is 6.22. The third-order valence-electron chi connectivity index (χ3n) is 5.71. The summed E-state index contributed by atoms with van der Waals surface area (Å²) in [6.07, 6.45) is 2.64. The maximum Gasteiger partial charge on any atom is 0.332 e. The normalized spacial score (nSPS) is 16.7. The lowest BCUT2D eigenvalue weighted by atomic mass is 9.97. The van der Waals surface area contributed by atoms with Gasteiger partial charge in [-0.05, 0) is 37.3 Å². The minimum Gasteiger partial charge on any atom is -0.357 e. The molecule has 7 nitrogen and oxygen atoms in total. The summed E-state index contributed by atoms with van der Waals surface area (Å²) in [5, 5.41) is 3.04. The molecule has 1 N–H and O–H groups in total. The zero-order valence-electron chi connectivity index (χ0n) is 17.5. The van der Waals surface area contributed by atoms with E-state index in [2.05, 4.69) is 24.4 Å². The van der Waals surface area contributed by atoms with Crippen molar-refractivity contribution < 1.29 is 4.79 Å². The standard InChI is InChI=1S/C22H30N4O3/c1-4-16-8-10-17(11-9-16)14-23-21(28)18-7-6-12-25(15-18)19-13-20(27)24(3)22(29)26(19)5-2/h8-11,13,18H,4-7,12,14-15H2,1-3H3,(H,23,28)/t18-/m0/s1. The monoisotopic (exact) mass is 398 g/mol. The number of carbonyl (C=O) groups is 1. The lowest BCUT2D eigenvalue weighted by Gasteiger charge is -2.34. The van der Waals surface area contributed by atoms with Crippen LogP contribution in [0.5, 0.6) is 0 Å². The Morgan fingerprint density at radius 3 is 2.48 bits per heavy atom. The number of aryl methyl sites for hydroxylation is 1. The van der Waals surface area contributed by atoms with Crippen LogP contribution < -0.4 is 21.5 Å². The van der Waals surface area contributed by atoms with Crippen molar-refractivity contribution in [3.8, 4) is 0 Å². The van der Waals surface area contributed by atoms with Crippen LogP contribution >= 0.6 is 0 Å². The smallest absolute Gasteiger partial charge is 0.332 e. The maximum absolute atomic E-state index is 12.7. The molecule has 0 spiro atoms. The lowest BCUT2D eigenvalue weighted by Crippen LogP contribution is -2.47. The largest absolute Gasteiger partial charge is 0.357 e. The third-order valence-corrected chi connectivity index (χ3v) is 5.71. The van der Waals surface area contributed by atoms with Crippen molar-refractivity contribution in [3.63, 3.8) is 0 Å². The van der Waals surface area contributed by atoms with Crippen LogP contribution in [-0.2, 0) is 31.4 Å². The zero-order valence-corrected chi connectivity index (χ0v) is 17.5. The van der Waals surface area contributed by atoms with Crippen molar-refractivity contribution in [2.24, 2.45) is 13.0 Å². The zero-order chi connectivity index (χ0) is 21.0. The van der Waals surface area contributed by atoms with Crippen LogP contribution in [0.4, 0.5) is 5.82 Å². The number of hydrogen-bond acceptors (Lipinski definition) is 4. The number of rotatable bonds is 6. The first-order chi connectivity index (χ1) is 13.9. The molecule has 0 unspecified atom stereocenters. The summed E-state index contributed by atoms with van der Waals surface area (Å²) in [6, 6.07) is 9.77. The molecule has 1 fully saturated rings. The van der Waals surface area contributed by atoms with Gasteiger partial charge in [0, 0.05) is 39.3 Å². The number of hydrogen-bond donors (Lipinski definition) is 1. The number of nitrogens with one attached hydrogen (secondary N) is 1. The molecular formula is C22H30N4O3. The van der Waals surface area contributed by atoms with Gasteiger partial charge in [-0.25, -0.2) is 4.79 Å². The second kappa shape index (κ2) is 9.11. The molecule has 0 saturated carbocycles. The van der Waals surface area contributed by atoms with E-state index in [9.17, 15) is 14.4 Å². The highest BCUT2D eigenvalue weighted by Crippen LogP contribution is 2.22. The molecule has 1 atom stereocenters. The molecule has 0 radical (unpaired) electrons. The Bertz CT molecular complexity index is 975. The molecule has 1 saturated heterocycles. The van der Waals surface area contributed by atoms with Gasteiger partial charge >= 0.3 is 5.69 Å². The Morgan fingerprint density at radius 1 is 1.14 bits per heavy atom. The highest BCUT2D eigenvalue weighted by Gasteiger charge is 2.27. The van der Waals surface area contributed by atoms with Crippen molar-refractivity contribution in [1.82, 2.24) is 14.5 Å². The van der Waals surface area contributed by atoms with Gasteiger partial charge in [-0.1, -0.05) is 31.2 Å². The third kappa shape index (κ3) is 4.60. The molecule has 2 heterocycles. The van der Waals surface area contributed by atoms with Gasteiger partial charge in [0.05, 0.1) is 5.92 Å². The first-order valence-corrected chi connectivity index (χ1v) is 10.4. The van der Waals surface area contributed by atoms with Crippen molar-refractivity contribution in [2.45, 2.75) is 46.2 Å². The average molecular weight is 399 g/mol. The highest BCUT2D eigenvalue weighted by molar-refractivity contribution is 5.79. The fraction of sp³-hybridized carbons (Fsp3) is 0.500. The van der Waals surface area contributed by atoms with E-state index in [0.717, 1.165) is 35.9 Å². The van der Waals surface area contributed by atoms with Crippen molar-refractivity contribution in [1.29, 1.82) is 0 Å². The summed E-state index contributed by atoms with van der Waals surface area (Å²) in [7, 11) is 1.49. The van der Waals surface area contributed by atoms with Gasteiger partial charge in [0.2, 0.25) is 5.91 Å². The van der Waals surface area contributed by atoms with Gasteiger partial charge in [0.25, 0.3) is 5.56 Å². The van der Waals surface area contributed by atoms with Gasteiger partial charge in [0.1, 0.15) is 5.82 Å². The number of benzene rings is 1. The fourth-order valence-corrected chi connectivity index (χ4v) is 3.84. The quantitative estimate of drug-likeness (QED) is 0.803. The van der Waals surface area contributed by atoms with E-state index in [0.29, 0.717) is 25.5 Å². The number of nitrogens with zero attached hydrogens (tertiary/aromatic N) is 3. The number of aromatic nitrogens is 2. The molecule has 29 heavy (non-hydrogen) atoms. The molecule has 1 aromatic heterocycles. The molecule has 0 bridgehead atoms. The summed E-state index contributed by atoms with van der Waals surface area (Å²) in [5.74, 6) is 0.458. The second-order valence-corrected chi connectivity index (χ2v) is 7.60. The van der Waals surface area contributed by atoms with Crippen molar-refractivity contribution in [2.75, 3.05) is 18.0 Å². The van der Waals surface area contributed by atoms with Gasteiger partial charge in [-0.2, -0.15) is 0 Å². The minimum absolute atomic E-state index is 0.0171. The molecule has 2 aromatic rings. The van der Waals surface area contributed by atoms with Gasteiger partial charge in [-0.15, -0.1) is 0 Å². The number of anilines is 1. The SMILES string of the molecule is CCc1ccc(CNC(=O)[C@H]2CCCN(c3cc(=O)n(C)c(=O)n3CC)C2)cc1. The maximum atomic E-state index is 12.7. The predicted molar refractivity (Wildman–Crippen MR) is 114 cm³/mol. The first-order valence-electron chi connectivity index (χ1n) is 10.4. The van der Waals surface area contributed by atoms with Crippen LogP contribution in [0.1, 0.15) is 37.8 Å². The predicted octanol–water partition coefficient (Wildman–Crippen LogP) is 1.66. The van der Waals surface area contributed by atoms with Gasteiger partial charge in [-0.3, -0.25) is 18.7 Å². The van der Waals surface area contributed by atoms with E-state index < -0.39 is 0 Å². The Hall–Kier alpha value is -2.83. The van der Waals surface area contributed by atoms with Crippen LogP contribution in [0.15, 0.2) is 39.9 Å². The highest BCUT2D eigenvalue weighted by atomic mass is 16.2. The Balaban J connectivity index is 1.69. The van der Waals surface area contributed by atoms with Gasteiger partial charge < -0.3 is 10.2 Å². The molecule has 1 amide bonds. The summed E-state index contributed by atoms with van der Waals surface area (Å²) >= 11 is 0. The van der Waals surface area contributed by atoms with Crippen molar-refractivity contribution >= 4 is 11.7 Å². The molecule has 3 rings (SSSR count). The van der Waals surface area contributed by atoms with Gasteiger partial charge in [0.15, 0.2) is 0 Å². The summed E-state index contributed by atoms with van der Waals surface area (Å²) < 4.78 is 2.71. The fourth-order valence-electron chi connectivity index (χ4n) is 3.84. The van der Waals surface area contributed by atoms with Crippen molar-refractivity contribution in [3.05, 3.63) is 62.3 Å². The Morgan fingerprint density at radius 2 is 1.83 bits per heavy atom. The molecule has 0 aliphatic carbocycles. The van der Waals surface area contributed by atoms with E-state index in [-0.39, 0.29) is 23.1 Å². The minimum atomic E-state index is -0.322. The Labute approximate surface area is 171 Å². The molecule has 1 aliphatic heterocycles. The van der Waals surface area contributed by atoms with E-state index in [4.69, 9.17) is 0 Å². The number of piperidine rings is 1. The van der Waals surface area contributed by atoms with E-state index in [1.807, 2.05) is 24.0 Å². The van der Waals surface area contributed by atoms with E-state index >= 15 is 0 Å². The molecule has 1 aliphatic rings. The van der Waals surface area contributed by atoms with E-state index in [1.165, 1.54) is 18.7 Å². The first kappa shape index (κ1) is 20.9. The molecular weight excluding hydrogens is 368 g/mol. The molecule has 1 aromatic carbocycles. The van der Waals surface area contributed by atoms with Crippen LogP contribution in [0, 0.1) is 5.92 Å². The van der Waals surface area contributed by atoms with Crippen LogP contribution in [-0.4, -0.2) is 28.1 Å². The molecule has 156 valence electrons. The molecule has 7 heteroatoms.